The van der Waals surface area contributed by atoms with Gasteiger partial charge in [-0.25, -0.2) is 4.79 Å². The maximum absolute atomic E-state index is 12.0. The smallest absolute Gasteiger partial charge is 0.368 e. The Balaban J connectivity index is 2.07. The molecule has 1 heterocycles. The number of hydrogen-bond donors (Lipinski definition) is 0. The van der Waals surface area contributed by atoms with E-state index in [1.54, 1.807) is 38.5 Å². The Morgan fingerprint density at radius 3 is 2.52 bits per heavy atom. The highest BCUT2D eigenvalue weighted by molar-refractivity contribution is 6.31. The number of nitrogens with zero attached hydrogens (tertiary/aromatic N) is 1. The lowest BCUT2D eigenvalue weighted by molar-refractivity contribution is -0.136. The standard InChI is InChI=1S/C18H15NO4/c1-21-14-8-9-16(22-2)13(10-14)11-15-17(19-23-18(15)20)12-6-4-3-5-7-12/h3-11H,1-2H3/b15-11-. The average Bonchev–Trinajstić information content (AvgIpc) is 2.96. The molecule has 1 aliphatic heterocycles. The van der Waals surface area contributed by atoms with E-state index in [0.717, 1.165) is 5.56 Å². The van der Waals surface area contributed by atoms with Crippen LogP contribution in [0.5, 0.6) is 11.5 Å². The minimum atomic E-state index is -0.492. The van der Waals surface area contributed by atoms with Gasteiger partial charge in [-0.3, -0.25) is 0 Å². The van der Waals surface area contributed by atoms with Crippen LogP contribution in [0.3, 0.4) is 0 Å². The lowest BCUT2D eigenvalue weighted by Gasteiger charge is -2.08. The first kappa shape index (κ1) is 14.8. The maximum Gasteiger partial charge on any atom is 0.368 e. The van der Waals surface area contributed by atoms with Gasteiger partial charge in [0.15, 0.2) is 0 Å². The van der Waals surface area contributed by atoms with Gasteiger partial charge in [0.25, 0.3) is 0 Å². The van der Waals surface area contributed by atoms with Crippen LogP contribution in [0.2, 0.25) is 0 Å². The molecular weight excluding hydrogens is 294 g/mol. The van der Waals surface area contributed by atoms with Crippen molar-refractivity contribution >= 4 is 17.8 Å². The number of ether oxygens (including phenoxy) is 2. The SMILES string of the molecule is COc1ccc(OC)c(/C=C2\C(=O)ON=C2c2ccccc2)c1. The molecule has 0 bridgehead atoms. The van der Waals surface area contributed by atoms with Crippen LogP contribution in [0, 0.1) is 0 Å². The largest absolute Gasteiger partial charge is 0.497 e. The van der Waals surface area contributed by atoms with Gasteiger partial charge in [0.1, 0.15) is 17.2 Å². The summed E-state index contributed by atoms with van der Waals surface area (Å²) in [5.41, 5.74) is 2.40. The Bertz CT molecular complexity index is 794. The van der Waals surface area contributed by atoms with E-state index in [4.69, 9.17) is 14.3 Å². The van der Waals surface area contributed by atoms with Gasteiger partial charge < -0.3 is 14.3 Å². The molecule has 0 radical (unpaired) electrons. The third-order valence-corrected chi connectivity index (χ3v) is 3.48. The summed E-state index contributed by atoms with van der Waals surface area (Å²) < 4.78 is 10.6. The fourth-order valence-corrected chi connectivity index (χ4v) is 2.32. The van der Waals surface area contributed by atoms with E-state index in [0.29, 0.717) is 28.3 Å². The van der Waals surface area contributed by atoms with E-state index in [9.17, 15) is 4.79 Å². The van der Waals surface area contributed by atoms with Crippen LogP contribution in [-0.2, 0) is 9.63 Å². The summed E-state index contributed by atoms with van der Waals surface area (Å²) in [6.07, 6.45) is 1.70. The molecule has 0 spiro atoms. The van der Waals surface area contributed by atoms with Crippen LogP contribution in [0.15, 0.2) is 59.3 Å². The van der Waals surface area contributed by atoms with Gasteiger partial charge in [-0.05, 0) is 24.3 Å². The monoisotopic (exact) mass is 309 g/mol. The number of benzene rings is 2. The lowest BCUT2D eigenvalue weighted by Crippen LogP contribution is -2.07. The third kappa shape index (κ3) is 2.94. The molecule has 2 aromatic rings. The second kappa shape index (κ2) is 6.36. The summed E-state index contributed by atoms with van der Waals surface area (Å²) in [6, 6.07) is 14.8. The molecule has 23 heavy (non-hydrogen) atoms. The lowest BCUT2D eigenvalue weighted by atomic mass is 10.0. The molecule has 116 valence electrons. The highest BCUT2D eigenvalue weighted by atomic mass is 16.7. The molecule has 0 saturated heterocycles. The summed E-state index contributed by atoms with van der Waals surface area (Å²) in [5.74, 6) is 0.807. The summed E-state index contributed by atoms with van der Waals surface area (Å²) in [4.78, 5) is 16.9. The normalized spacial score (nSPS) is 15.3. The van der Waals surface area contributed by atoms with E-state index >= 15 is 0 Å². The average molecular weight is 309 g/mol. The minimum absolute atomic E-state index is 0.378. The van der Waals surface area contributed by atoms with Gasteiger partial charge in [0.2, 0.25) is 0 Å². The van der Waals surface area contributed by atoms with Gasteiger partial charge in [0.05, 0.1) is 19.8 Å². The van der Waals surface area contributed by atoms with Gasteiger partial charge in [-0.15, -0.1) is 0 Å². The second-order valence-corrected chi connectivity index (χ2v) is 4.85. The minimum Gasteiger partial charge on any atom is -0.497 e. The Morgan fingerprint density at radius 2 is 1.83 bits per heavy atom. The van der Waals surface area contributed by atoms with Crippen LogP contribution in [-0.4, -0.2) is 25.9 Å². The van der Waals surface area contributed by atoms with Crippen molar-refractivity contribution in [3.8, 4) is 11.5 Å². The summed E-state index contributed by atoms with van der Waals surface area (Å²) >= 11 is 0. The van der Waals surface area contributed by atoms with Crippen molar-refractivity contribution in [1.82, 2.24) is 0 Å². The number of carbonyl (C=O) groups excluding carboxylic acids is 1. The van der Waals surface area contributed by atoms with Crippen LogP contribution < -0.4 is 9.47 Å². The Hall–Kier alpha value is -3.08. The molecule has 0 N–H and O–H groups in total. The summed E-state index contributed by atoms with van der Waals surface area (Å²) in [5, 5.41) is 3.89. The Labute approximate surface area is 133 Å². The molecule has 0 unspecified atom stereocenters. The Kier molecular flexibility index (Phi) is 4.10. The molecule has 0 atom stereocenters. The molecule has 0 fully saturated rings. The molecule has 0 saturated carbocycles. The van der Waals surface area contributed by atoms with Crippen molar-refractivity contribution in [1.29, 1.82) is 0 Å². The highest BCUT2D eigenvalue weighted by Gasteiger charge is 2.27. The van der Waals surface area contributed by atoms with E-state index < -0.39 is 5.97 Å². The molecular formula is C18H15NO4. The van der Waals surface area contributed by atoms with Crippen LogP contribution in [0.1, 0.15) is 11.1 Å². The number of carbonyl (C=O) groups is 1. The first-order valence-corrected chi connectivity index (χ1v) is 7.02. The predicted octanol–water partition coefficient (Wildman–Crippen LogP) is 3.05. The predicted molar refractivity (Wildman–Crippen MR) is 86.6 cm³/mol. The van der Waals surface area contributed by atoms with E-state index in [-0.39, 0.29) is 0 Å². The molecule has 5 nitrogen and oxygen atoms in total. The van der Waals surface area contributed by atoms with Crippen molar-refractivity contribution in [2.45, 2.75) is 0 Å². The molecule has 5 heteroatoms. The first-order valence-electron chi connectivity index (χ1n) is 7.02. The summed E-state index contributed by atoms with van der Waals surface area (Å²) in [6.45, 7) is 0. The fourth-order valence-electron chi connectivity index (χ4n) is 2.32. The zero-order valence-electron chi connectivity index (χ0n) is 12.8. The maximum atomic E-state index is 12.0. The third-order valence-electron chi connectivity index (χ3n) is 3.48. The Morgan fingerprint density at radius 1 is 1.04 bits per heavy atom. The number of hydrogen-bond acceptors (Lipinski definition) is 5. The van der Waals surface area contributed by atoms with Crippen molar-refractivity contribution in [3.05, 3.63) is 65.2 Å². The molecule has 3 rings (SSSR count). The van der Waals surface area contributed by atoms with E-state index in [1.807, 2.05) is 30.3 Å². The van der Waals surface area contributed by atoms with Crippen molar-refractivity contribution < 1.29 is 19.1 Å². The van der Waals surface area contributed by atoms with Crippen LogP contribution in [0.25, 0.3) is 6.08 Å². The number of methoxy groups -OCH3 is 2. The fraction of sp³-hybridized carbons (Fsp3) is 0.111. The van der Waals surface area contributed by atoms with Crippen LogP contribution >= 0.6 is 0 Å². The van der Waals surface area contributed by atoms with Gasteiger partial charge in [-0.1, -0.05) is 35.5 Å². The second-order valence-electron chi connectivity index (χ2n) is 4.85. The molecule has 2 aromatic carbocycles. The zero-order valence-corrected chi connectivity index (χ0v) is 12.8. The van der Waals surface area contributed by atoms with Gasteiger partial charge in [-0.2, -0.15) is 0 Å². The molecule has 0 amide bonds. The van der Waals surface area contributed by atoms with Gasteiger partial charge >= 0.3 is 5.97 Å². The zero-order chi connectivity index (χ0) is 16.2. The molecule has 0 aliphatic carbocycles. The highest BCUT2D eigenvalue weighted by Crippen LogP contribution is 2.28. The number of oxime groups is 1. The molecule has 0 aromatic heterocycles. The molecule has 1 aliphatic rings. The van der Waals surface area contributed by atoms with Gasteiger partial charge in [0, 0.05) is 11.1 Å². The quantitative estimate of drug-likeness (QED) is 0.643. The topological polar surface area (TPSA) is 57.1 Å². The van der Waals surface area contributed by atoms with E-state index in [2.05, 4.69) is 5.16 Å². The van der Waals surface area contributed by atoms with Crippen LogP contribution in [0.4, 0.5) is 0 Å². The van der Waals surface area contributed by atoms with E-state index in [1.165, 1.54) is 0 Å². The van der Waals surface area contributed by atoms with Crippen molar-refractivity contribution in [3.63, 3.8) is 0 Å². The summed E-state index contributed by atoms with van der Waals surface area (Å²) in [7, 11) is 3.16. The van der Waals surface area contributed by atoms with Crippen molar-refractivity contribution in [2.24, 2.45) is 5.16 Å². The van der Waals surface area contributed by atoms with Crippen molar-refractivity contribution in [2.75, 3.05) is 14.2 Å². The first-order chi connectivity index (χ1) is 11.2. The number of rotatable bonds is 4.